The SMILES string of the molecule is CC(Cl)CCNc1nnnn1C. The van der Waals surface area contributed by atoms with Gasteiger partial charge in [0.1, 0.15) is 0 Å². The fraction of sp³-hybridized carbons (Fsp3) is 0.833. The molecule has 0 saturated carbocycles. The molecular weight excluding hydrogens is 178 g/mol. The molecular formula is C6H12ClN5. The Labute approximate surface area is 76.1 Å². The van der Waals surface area contributed by atoms with Crippen LogP contribution in [-0.2, 0) is 7.05 Å². The summed E-state index contributed by atoms with van der Waals surface area (Å²) in [5, 5.41) is 14.2. The van der Waals surface area contributed by atoms with E-state index < -0.39 is 0 Å². The molecule has 1 heterocycles. The van der Waals surface area contributed by atoms with Gasteiger partial charge in [-0.25, -0.2) is 4.68 Å². The Morgan fingerprint density at radius 1 is 1.67 bits per heavy atom. The van der Waals surface area contributed by atoms with E-state index >= 15 is 0 Å². The van der Waals surface area contributed by atoms with Gasteiger partial charge < -0.3 is 5.32 Å². The van der Waals surface area contributed by atoms with Crippen LogP contribution in [0.5, 0.6) is 0 Å². The number of nitrogens with zero attached hydrogens (tertiary/aromatic N) is 4. The number of anilines is 1. The van der Waals surface area contributed by atoms with Crippen molar-refractivity contribution in [3.63, 3.8) is 0 Å². The van der Waals surface area contributed by atoms with E-state index in [4.69, 9.17) is 11.6 Å². The van der Waals surface area contributed by atoms with Gasteiger partial charge >= 0.3 is 0 Å². The maximum absolute atomic E-state index is 5.76. The highest BCUT2D eigenvalue weighted by Crippen LogP contribution is 2.01. The summed E-state index contributed by atoms with van der Waals surface area (Å²) in [6.07, 6.45) is 0.897. The Morgan fingerprint density at radius 3 is 2.92 bits per heavy atom. The lowest BCUT2D eigenvalue weighted by Gasteiger charge is -2.04. The third kappa shape index (κ3) is 2.65. The van der Waals surface area contributed by atoms with E-state index in [2.05, 4.69) is 20.8 Å². The Kier molecular flexibility index (Phi) is 3.28. The molecule has 0 aliphatic heterocycles. The summed E-state index contributed by atoms with van der Waals surface area (Å²) in [6, 6.07) is 0. The predicted molar refractivity (Wildman–Crippen MR) is 47.2 cm³/mol. The smallest absolute Gasteiger partial charge is 0.242 e. The molecule has 0 radical (unpaired) electrons. The molecule has 5 nitrogen and oxygen atoms in total. The molecule has 68 valence electrons. The molecule has 1 atom stereocenters. The second kappa shape index (κ2) is 4.25. The van der Waals surface area contributed by atoms with Crippen LogP contribution in [0.3, 0.4) is 0 Å². The third-order valence-corrected chi connectivity index (χ3v) is 1.66. The zero-order valence-electron chi connectivity index (χ0n) is 7.16. The van der Waals surface area contributed by atoms with E-state index in [9.17, 15) is 0 Å². The highest BCUT2D eigenvalue weighted by molar-refractivity contribution is 6.20. The van der Waals surface area contributed by atoms with E-state index in [0.717, 1.165) is 13.0 Å². The maximum atomic E-state index is 5.76. The molecule has 0 aliphatic rings. The normalized spacial score (nSPS) is 12.9. The van der Waals surface area contributed by atoms with Crippen molar-refractivity contribution >= 4 is 17.5 Å². The van der Waals surface area contributed by atoms with Crippen LogP contribution in [-0.4, -0.2) is 32.1 Å². The largest absolute Gasteiger partial charge is 0.353 e. The van der Waals surface area contributed by atoms with Crippen molar-refractivity contribution in [2.75, 3.05) is 11.9 Å². The molecule has 1 unspecified atom stereocenters. The van der Waals surface area contributed by atoms with Crippen LogP contribution in [0, 0.1) is 0 Å². The Hall–Kier alpha value is -0.840. The van der Waals surface area contributed by atoms with Crippen LogP contribution in [0.1, 0.15) is 13.3 Å². The van der Waals surface area contributed by atoms with Crippen molar-refractivity contribution in [2.24, 2.45) is 7.05 Å². The van der Waals surface area contributed by atoms with Crippen molar-refractivity contribution in [2.45, 2.75) is 18.7 Å². The van der Waals surface area contributed by atoms with Crippen LogP contribution >= 0.6 is 11.6 Å². The molecule has 0 amide bonds. The van der Waals surface area contributed by atoms with E-state index in [0.29, 0.717) is 5.95 Å². The topological polar surface area (TPSA) is 55.6 Å². The van der Waals surface area contributed by atoms with Gasteiger partial charge in [-0.05, 0) is 23.8 Å². The average Bonchev–Trinajstić information content (AvgIpc) is 2.36. The van der Waals surface area contributed by atoms with Gasteiger partial charge in [0.15, 0.2) is 0 Å². The standard InChI is InChI=1S/C6H12ClN5/c1-5(7)3-4-8-6-9-10-11-12(6)2/h5H,3-4H2,1-2H3,(H,8,9,11). The summed E-state index contributed by atoms with van der Waals surface area (Å²) in [4.78, 5) is 0. The zero-order chi connectivity index (χ0) is 8.97. The van der Waals surface area contributed by atoms with Crippen LogP contribution in [0.4, 0.5) is 5.95 Å². The number of hydrogen-bond acceptors (Lipinski definition) is 4. The molecule has 1 rings (SSSR count). The van der Waals surface area contributed by atoms with E-state index in [1.54, 1.807) is 11.7 Å². The minimum atomic E-state index is 0.179. The van der Waals surface area contributed by atoms with Gasteiger partial charge in [0.2, 0.25) is 5.95 Å². The first-order valence-corrected chi connectivity index (χ1v) is 4.24. The van der Waals surface area contributed by atoms with Crippen LogP contribution in [0.25, 0.3) is 0 Å². The van der Waals surface area contributed by atoms with Crippen molar-refractivity contribution in [1.29, 1.82) is 0 Å². The van der Waals surface area contributed by atoms with Crippen molar-refractivity contribution in [3.05, 3.63) is 0 Å². The number of tetrazole rings is 1. The third-order valence-electron chi connectivity index (χ3n) is 1.45. The van der Waals surface area contributed by atoms with Gasteiger partial charge in [0.05, 0.1) is 0 Å². The van der Waals surface area contributed by atoms with Crippen molar-refractivity contribution in [1.82, 2.24) is 20.2 Å². The summed E-state index contributed by atoms with van der Waals surface area (Å²) >= 11 is 5.76. The molecule has 1 aromatic heterocycles. The second-order valence-corrected chi connectivity index (χ2v) is 3.37. The van der Waals surface area contributed by atoms with Crippen molar-refractivity contribution in [3.8, 4) is 0 Å². The predicted octanol–water partition coefficient (Wildman–Crippen LogP) is 0.639. The first-order chi connectivity index (χ1) is 5.70. The number of hydrogen-bond donors (Lipinski definition) is 1. The van der Waals surface area contributed by atoms with Gasteiger partial charge in [-0.3, -0.25) is 0 Å². The first-order valence-electron chi connectivity index (χ1n) is 3.80. The van der Waals surface area contributed by atoms with Gasteiger partial charge in [-0.2, -0.15) is 0 Å². The van der Waals surface area contributed by atoms with E-state index in [1.807, 2.05) is 6.92 Å². The number of halogens is 1. The zero-order valence-corrected chi connectivity index (χ0v) is 7.91. The Balaban J connectivity index is 2.29. The van der Waals surface area contributed by atoms with E-state index in [1.165, 1.54) is 0 Å². The van der Waals surface area contributed by atoms with Crippen LogP contribution in [0.15, 0.2) is 0 Å². The fourth-order valence-corrected chi connectivity index (χ4v) is 0.871. The molecule has 0 spiro atoms. The quantitative estimate of drug-likeness (QED) is 0.707. The minimum Gasteiger partial charge on any atom is -0.353 e. The lowest BCUT2D eigenvalue weighted by atomic mass is 10.3. The minimum absolute atomic E-state index is 0.179. The Morgan fingerprint density at radius 2 is 2.42 bits per heavy atom. The molecule has 0 bridgehead atoms. The number of nitrogens with one attached hydrogen (secondary N) is 1. The van der Waals surface area contributed by atoms with Gasteiger partial charge in [0, 0.05) is 19.0 Å². The number of aromatic nitrogens is 4. The maximum Gasteiger partial charge on any atom is 0.242 e. The monoisotopic (exact) mass is 189 g/mol. The molecule has 1 aromatic rings. The molecule has 0 saturated heterocycles. The number of aryl methyl sites for hydroxylation is 1. The van der Waals surface area contributed by atoms with E-state index in [-0.39, 0.29) is 5.38 Å². The fourth-order valence-electron chi connectivity index (χ4n) is 0.762. The molecule has 12 heavy (non-hydrogen) atoms. The first kappa shape index (κ1) is 9.25. The summed E-state index contributed by atoms with van der Waals surface area (Å²) < 4.78 is 1.58. The average molecular weight is 190 g/mol. The van der Waals surface area contributed by atoms with Crippen molar-refractivity contribution < 1.29 is 0 Å². The Bertz CT molecular complexity index is 234. The summed E-state index contributed by atoms with van der Waals surface area (Å²) in [5.41, 5.74) is 0. The number of alkyl halides is 1. The lowest BCUT2D eigenvalue weighted by molar-refractivity contribution is 0.709. The second-order valence-electron chi connectivity index (χ2n) is 2.62. The highest BCUT2D eigenvalue weighted by atomic mass is 35.5. The summed E-state index contributed by atoms with van der Waals surface area (Å²) in [7, 11) is 1.78. The molecule has 1 N–H and O–H groups in total. The van der Waals surface area contributed by atoms with Gasteiger partial charge in [-0.1, -0.05) is 5.10 Å². The van der Waals surface area contributed by atoms with Gasteiger partial charge in [-0.15, -0.1) is 11.6 Å². The van der Waals surface area contributed by atoms with Crippen LogP contribution < -0.4 is 5.32 Å². The molecule has 0 aliphatic carbocycles. The molecule has 0 aromatic carbocycles. The summed E-state index contributed by atoms with van der Waals surface area (Å²) in [6.45, 7) is 2.75. The van der Waals surface area contributed by atoms with Crippen LogP contribution in [0.2, 0.25) is 0 Å². The highest BCUT2D eigenvalue weighted by Gasteiger charge is 2.00. The summed E-state index contributed by atoms with van der Waals surface area (Å²) in [5.74, 6) is 0.673. The number of rotatable bonds is 4. The molecule has 6 heteroatoms. The van der Waals surface area contributed by atoms with Gasteiger partial charge in [0.25, 0.3) is 0 Å². The lowest BCUT2D eigenvalue weighted by Crippen LogP contribution is -2.10. The molecule has 0 fully saturated rings.